The minimum atomic E-state index is -0.362. The van der Waals surface area contributed by atoms with Gasteiger partial charge in [0.05, 0.1) is 16.9 Å². The Balaban J connectivity index is 1.96. The van der Waals surface area contributed by atoms with Crippen LogP contribution in [0.15, 0.2) is 58.3 Å². The van der Waals surface area contributed by atoms with Crippen molar-refractivity contribution in [2.45, 2.75) is 6.92 Å². The lowest BCUT2D eigenvalue weighted by atomic mass is 10.2. The number of hydrogen-bond acceptors (Lipinski definition) is 3. The van der Waals surface area contributed by atoms with Crippen LogP contribution in [0.1, 0.15) is 11.3 Å². The largest absolute Gasteiger partial charge is 0.508 e. The van der Waals surface area contributed by atoms with Crippen molar-refractivity contribution < 1.29 is 9.50 Å². The quantitative estimate of drug-likeness (QED) is 0.730. The Morgan fingerprint density at radius 3 is 2.43 bits per heavy atom. The zero-order chi connectivity index (χ0) is 16.4. The van der Waals surface area contributed by atoms with Gasteiger partial charge in [-0.3, -0.25) is 14.9 Å². The highest BCUT2D eigenvalue weighted by Crippen LogP contribution is 2.16. The predicted octanol–water partition coefficient (Wildman–Crippen LogP) is 3.07. The Morgan fingerprint density at radius 2 is 1.78 bits per heavy atom. The Labute approximate surface area is 131 Å². The molecule has 3 rings (SSSR count). The van der Waals surface area contributed by atoms with Crippen molar-refractivity contribution in [3.63, 3.8) is 0 Å². The Morgan fingerprint density at radius 1 is 1.13 bits per heavy atom. The second-order valence-corrected chi connectivity index (χ2v) is 5.04. The Bertz CT molecular complexity index is 907. The van der Waals surface area contributed by atoms with E-state index in [1.54, 1.807) is 19.1 Å². The number of aromatic hydroxyl groups is 1. The molecule has 0 spiro atoms. The zero-order valence-electron chi connectivity index (χ0n) is 12.3. The first-order valence-corrected chi connectivity index (χ1v) is 6.95. The first-order valence-electron chi connectivity index (χ1n) is 6.95. The van der Waals surface area contributed by atoms with Gasteiger partial charge in [-0.1, -0.05) is 0 Å². The SMILES string of the molecule is Cc1[nH]n(-c2ccc(F)cc2)c(=O)c1C=Nc1ccc(O)cc1. The molecule has 0 unspecified atom stereocenters. The third-order valence-electron chi connectivity index (χ3n) is 3.39. The van der Waals surface area contributed by atoms with Gasteiger partial charge in [0.1, 0.15) is 11.6 Å². The van der Waals surface area contributed by atoms with Crippen LogP contribution in [0, 0.1) is 12.7 Å². The molecule has 0 amide bonds. The third-order valence-corrected chi connectivity index (χ3v) is 3.39. The summed E-state index contributed by atoms with van der Waals surface area (Å²) >= 11 is 0. The van der Waals surface area contributed by atoms with E-state index in [0.29, 0.717) is 22.6 Å². The number of rotatable bonds is 3. The van der Waals surface area contributed by atoms with Crippen LogP contribution in [0.5, 0.6) is 5.75 Å². The Kier molecular flexibility index (Phi) is 3.80. The average molecular weight is 311 g/mol. The summed E-state index contributed by atoms with van der Waals surface area (Å²) in [7, 11) is 0. The van der Waals surface area contributed by atoms with Crippen LogP contribution in [0.25, 0.3) is 5.69 Å². The van der Waals surface area contributed by atoms with E-state index in [0.717, 1.165) is 0 Å². The lowest BCUT2D eigenvalue weighted by Crippen LogP contribution is -2.17. The smallest absolute Gasteiger partial charge is 0.280 e. The van der Waals surface area contributed by atoms with Crippen molar-refractivity contribution in [3.8, 4) is 11.4 Å². The highest BCUT2D eigenvalue weighted by atomic mass is 19.1. The maximum absolute atomic E-state index is 13.0. The summed E-state index contributed by atoms with van der Waals surface area (Å²) in [4.78, 5) is 16.7. The van der Waals surface area contributed by atoms with Gasteiger partial charge in [-0.15, -0.1) is 0 Å². The molecule has 5 nitrogen and oxygen atoms in total. The van der Waals surface area contributed by atoms with Gasteiger partial charge in [0.2, 0.25) is 0 Å². The fraction of sp³-hybridized carbons (Fsp3) is 0.0588. The number of benzene rings is 2. The van der Waals surface area contributed by atoms with E-state index in [1.807, 2.05) is 0 Å². The molecule has 0 atom stereocenters. The molecule has 1 heterocycles. The van der Waals surface area contributed by atoms with Gasteiger partial charge < -0.3 is 5.11 Å². The molecule has 3 aromatic rings. The second kappa shape index (κ2) is 5.92. The summed E-state index contributed by atoms with van der Waals surface area (Å²) in [5.74, 6) is -0.209. The van der Waals surface area contributed by atoms with Crippen LogP contribution in [-0.4, -0.2) is 21.1 Å². The zero-order valence-corrected chi connectivity index (χ0v) is 12.3. The molecule has 0 aliphatic rings. The molecule has 0 saturated heterocycles. The average Bonchev–Trinajstić information content (AvgIpc) is 2.82. The Hall–Kier alpha value is -3.15. The highest BCUT2D eigenvalue weighted by Gasteiger charge is 2.10. The lowest BCUT2D eigenvalue weighted by Gasteiger charge is -2.00. The summed E-state index contributed by atoms with van der Waals surface area (Å²) in [6, 6.07) is 12.0. The number of halogens is 1. The van der Waals surface area contributed by atoms with Crippen molar-refractivity contribution in [1.82, 2.24) is 9.78 Å². The molecule has 6 heteroatoms. The second-order valence-electron chi connectivity index (χ2n) is 5.04. The summed E-state index contributed by atoms with van der Waals surface area (Å²) < 4.78 is 14.3. The van der Waals surface area contributed by atoms with Gasteiger partial charge in [0.25, 0.3) is 5.56 Å². The van der Waals surface area contributed by atoms with E-state index in [2.05, 4.69) is 10.1 Å². The molecule has 0 aliphatic heterocycles. The monoisotopic (exact) mass is 311 g/mol. The number of aromatic amines is 1. The van der Waals surface area contributed by atoms with Gasteiger partial charge in [-0.2, -0.15) is 0 Å². The molecule has 0 bridgehead atoms. The van der Waals surface area contributed by atoms with Gasteiger partial charge in [-0.25, -0.2) is 9.07 Å². The number of phenols is 1. The highest BCUT2D eigenvalue weighted by molar-refractivity contribution is 5.83. The maximum Gasteiger partial charge on any atom is 0.280 e. The van der Waals surface area contributed by atoms with Crippen molar-refractivity contribution in [3.05, 3.63) is 76.0 Å². The molecule has 0 saturated carbocycles. The molecule has 116 valence electrons. The topological polar surface area (TPSA) is 70.4 Å². The minimum Gasteiger partial charge on any atom is -0.508 e. The van der Waals surface area contributed by atoms with Crippen molar-refractivity contribution >= 4 is 11.9 Å². The number of nitrogens with zero attached hydrogens (tertiary/aromatic N) is 2. The molecular weight excluding hydrogens is 297 g/mol. The van der Waals surface area contributed by atoms with Crippen LogP contribution < -0.4 is 5.56 Å². The van der Waals surface area contributed by atoms with Crippen LogP contribution in [0.2, 0.25) is 0 Å². The molecule has 0 aliphatic carbocycles. The first kappa shape index (κ1) is 14.8. The van der Waals surface area contributed by atoms with Gasteiger partial charge >= 0.3 is 0 Å². The van der Waals surface area contributed by atoms with Crippen LogP contribution in [-0.2, 0) is 0 Å². The van der Waals surface area contributed by atoms with Crippen molar-refractivity contribution in [1.29, 1.82) is 0 Å². The number of phenolic OH excluding ortho intramolecular Hbond substituents is 1. The van der Waals surface area contributed by atoms with E-state index in [1.165, 1.54) is 47.3 Å². The first-order chi connectivity index (χ1) is 11.0. The maximum atomic E-state index is 13.0. The number of H-pyrrole nitrogens is 1. The van der Waals surface area contributed by atoms with E-state index >= 15 is 0 Å². The van der Waals surface area contributed by atoms with Gasteiger partial charge in [0.15, 0.2) is 0 Å². The fourth-order valence-corrected chi connectivity index (χ4v) is 2.16. The summed E-state index contributed by atoms with van der Waals surface area (Å²) in [6.07, 6.45) is 1.47. The van der Waals surface area contributed by atoms with Crippen LogP contribution >= 0.6 is 0 Å². The van der Waals surface area contributed by atoms with E-state index in [4.69, 9.17) is 0 Å². The molecule has 1 aromatic heterocycles. The van der Waals surface area contributed by atoms with E-state index in [9.17, 15) is 14.3 Å². The van der Waals surface area contributed by atoms with Crippen molar-refractivity contribution in [2.24, 2.45) is 4.99 Å². The molecule has 2 N–H and O–H groups in total. The number of aromatic nitrogens is 2. The number of nitrogens with one attached hydrogen (secondary N) is 1. The number of aliphatic imine (C=N–C) groups is 1. The third kappa shape index (κ3) is 3.06. The lowest BCUT2D eigenvalue weighted by molar-refractivity contribution is 0.475. The molecule has 0 radical (unpaired) electrons. The van der Waals surface area contributed by atoms with Crippen LogP contribution in [0.3, 0.4) is 0 Å². The summed E-state index contributed by atoms with van der Waals surface area (Å²) in [5, 5.41) is 12.2. The summed E-state index contributed by atoms with van der Waals surface area (Å²) in [6.45, 7) is 1.76. The van der Waals surface area contributed by atoms with E-state index < -0.39 is 0 Å². The molecule has 23 heavy (non-hydrogen) atoms. The van der Waals surface area contributed by atoms with Crippen LogP contribution in [0.4, 0.5) is 10.1 Å². The van der Waals surface area contributed by atoms with E-state index in [-0.39, 0.29) is 17.1 Å². The number of hydrogen-bond donors (Lipinski definition) is 2. The van der Waals surface area contributed by atoms with Gasteiger partial charge in [-0.05, 0) is 55.5 Å². The standard InChI is InChI=1S/C17H14FN3O2/c1-11-16(10-19-13-4-8-15(22)9-5-13)17(23)21(20-11)14-6-2-12(18)3-7-14/h2-10,20,22H,1H3. The molecular formula is C17H14FN3O2. The van der Waals surface area contributed by atoms with Gasteiger partial charge in [0, 0.05) is 11.9 Å². The molecule has 0 fully saturated rings. The summed E-state index contributed by atoms with van der Waals surface area (Å²) in [5.41, 5.74) is 1.97. The normalized spacial score (nSPS) is 11.2. The predicted molar refractivity (Wildman–Crippen MR) is 86.4 cm³/mol. The minimum absolute atomic E-state index is 0.153. The fourth-order valence-electron chi connectivity index (χ4n) is 2.16. The molecule has 2 aromatic carbocycles. The van der Waals surface area contributed by atoms with Crippen molar-refractivity contribution in [2.75, 3.05) is 0 Å². The number of aryl methyl sites for hydroxylation is 1.